The molecular formula is C24H24FNO7P2S. The lowest BCUT2D eigenvalue weighted by Crippen LogP contribution is -2.08. The van der Waals surface area contributed by atoms with Crippen LogP contribution in [0, 0.1) is 12.7 Å². The van der Waals surface area contributed by atoms with Crippen molar-refractivity contribution in [1.82, 2.24) is 4.98 Å². The maximum atomic E-state index is 15.1. The summed E-state index contributed by atoms with van der Waals surface area (Å²) < 4.78 is 62.8. The van der Waals surface area contributed by atoms with Gasteiger partial charge in [0.05, 0.1) is 37.7 Å². The Labute approximate surface area is 211 Å². The van der Waals surface area contributed by atoms with Crippen molar-refractivity contribution in [3.05, 3.63) is 76.0 Å². The minimum absolute atomic E-state index is 0.0504. The Bertz CT molecular complexity index is 1330. The predicted octanol–water partition coefficient (Wildman–Crippen LogP) is 6.55. The molecule has 0 atom stereocenters. The summed E-state index contributed by atoms with van der Waals surface area (Å²) in [6.45, 7) is 2.15. The lowest BCUT2D eigenvalue weighted by atomic mass is 10.0. The van der Waals surface area contributed by atoms with Gasteiger partial charge in [-0.25, -0.2) is 9.37 Å². The van der Waals surface area contributed by atoms with E-state index in [0.717, 1.165) is 27.2 Å². The number of carbonyl (C=O) groups is 1. The topological polar surface area (TPSA) is 101 Å². The molecule has 0 radical (unpaired) electrons. The van der Waals surface area contributed by atoms with Gasteiger partial charge in [0.2, 0.25) is 0 Å². The molecule has 0 amide bonds. The van der Waals surface area contributed by atoms with Crippen LogP contribution in [0.25, 0.3) is 10.6 Å². The Morgan fingerprint density at radius 2 is 1.61 bits per heavy atom. The van der Waals surface area contributed by atoms with E-state index in [9.17, 15) is 13.9 Å². The number of hydrogen-bond acceptors (Lipinski definition) is 9. The first kappa shape index (κ1) is 25.6. The van der Waals surface area contributed by atoms with Gasteiger partial charge in [-0.05, 0) is 31.0 Å². The van der Waals surface area contributed by atoms with Crippen LogP contribution in [0.2, 0.25) is 0 Å². The first-order valence-electron chi connectivity index (χ1n) is 11.4. The molecule has 8 nitrogen and oxygen atoms in total. The number of Topliss-reactive ketones (excluding diaryl/α,β-unsaturated/α-hetero) is 1. The maximum Gasteiger partial charge on any atom is 0.350 e. The number of nitrogens with zero attached hydrogens (tertiary/aromatic N) is 1. The SMILES string of the molecule is Cc1sc(-c2ccccc2)nc1CCC(=O)c1ccc(C(P2(=O)OCCO2)P2(=O)OCCO2)cc1F. The van der Waals surface area contributed by atoms with Crippen molar-refractivity contribution in [1.29, 1.82) is 0 Å². The van der Waals surface area contributed by atoms with E-state index in [1.54, 1.807) is 11.3 Å². The van der Waals surface area contributed by atoms with Gasteiger partial charge in [-0.3, -0.25) is 13.9 Å². The summed E-state index contributed by atoms with van der Waals surface area (Å²) >= 11 is 1.55. The number of thiazole rings is 1. The summed E-state index contributed by atoms with van der Waals surface area (Å²) in [6, 6.07) is 13.5. The van der Waals surface area contributed by atoms with Crippen LogP contribution in [0.4, 0.5) is 4.39 Å². The Balaban J connectivity index is 1.34. The minimum Gasteiger partial charge on any atom is -0.305 e. The molecule has 190 valence electrons. The molecule has 2 aromatic carbocycles. The normalized spacial score (nSPS) is 18.6. The average molecular weight is 551 g/mol. The van der Waals surface area contributed by atoms with E-state index in [0.29, 0.717) is 6.42 Å². The zero-order valence-corrected chi connectivity index (χ0v) is 22.0. The Kier molecular flexibility index (Phi) is 7.39. The van der Waals surface area contributed by atoms with Crippen LogP contribution in [0.1, 0.15) is 38.3 Å². The molecule has 3 heterocycles. The molecule has 0 bridgehead atoms. The number of halogens is 1. The summed E-state index contributed by atoms with van der Waals surface area (Å²) in [5.74, 6) is -1.22. The molecule has 0 aliphatic carbocycles. The van der Waals surface area contributed by atoms with E-state index in [-0.39, 0.29) is 44.0 Å². The van der Waals surface area contributed by atoms with E-state index < -0.39 is 32.2 Å². The first-order valence-corrected chi connectivity index (χ1v) is 15.4. The lowest BCUT2D eigenvalue weighted by Gasteiger charge is -2.25. The molecule has 2 aliphatic rings. The largest absolute Gasteiger partial charge is 0.350 e. The fourth-order valence-electron chi connectivity index (χ4n) is 4.20. The maximum absolute atomic E-state index is 15.1. The fourth-order valence-corrected chi connectivity index (χ4v) is 10.4. The second-order valence-corrected chi connectivity index (χ2v) is 14.2. The third-order valence-electron chi connectivity index (χ3n) is 5.94. The van der Waals surface area contributed by atoms with Crippen molar-refractivity contribution in [3.8, 4) is 10.6 Å². The van der Waals surface area contributed by atoms with Crippen molar-refractivity contribution in [3.63, 3.8) is 0 Å². The van der Waals surface area contributed by atoms with E-state index in [2.05, 4.69) is 4.98 Å². The Hall–Kier alpha value is -2.03. The zero-order valence-electron chi connectivity index (χ0n) is 19.4. The molecule has 2 saturated heterocycles. The lowest BCUT2D eigenvalue weighted by molar-refractivity contribution is 0.0978. The van der Waals surface area contributed by atoms with E-state index in [1.807, 2.05) is 37.3 Å². The van der Waals surface area contributed by atoms with Crippen molar-refractivity contribution in [2.24, 2.45) is 0 Å². The number of carbonyl (C=O) groups excluding carboxylic acids is 1. The molecule has 2 aliphatic heterocycles. The van der Waals surface area contributed by atoms with Gasteiger partial charge in [0, 0.05) is 16.9 Å². The smallest absolute Gasteiger partial charge is 0.305 e. The van der Waals surface area contributed by atoms with Gasteiger partial charge in [0.25, 0.3) is 0 Å². The van der Waals surface area contributed by atoms with E-state index in [4.69, 9.17) is 18.1 Å². The van der Waals surface area contributed by atoms with E-state index in [1.165, 1.54) is 12.1 Å². The molecular weight excluding hydrogens is 527 g/mol. The predicted molar refractivity (Wildman–Crippen MR) is 133 cm³/mol. The molecule has 5 rings (SSSR count). The average Bonchev–Trinajstić information content (AvgIpc) is 3.59. The van der Waals surface area contributed by atoms with Crippen molar-refractivity contribution < 1.29 is 36.4 Å². The molecule has 36 heavy (non-hydrogen) atoms. The van der Waals surface area contributed by atoms with Crippen LogP contribution in [0.3, 0.4) is 0 Å². The Morgan fingerprint density at radius 3 is 2.19 bits per heavy atom. The fraction of sp³-hybridized carbons (Fsp3) is 0.333. The van der Waals surface area contributed by atoms with Crippen LogP contribution < -0.4 is 0 Å². The quantitative estimate of drug-likeness (QED) is 0.229. The highest BCUT2D eigenvalue weighted by molar-refractivity contribution is 7.72. The van der Waals surface area contributed by atoms with Gasteiger partial charge in [-0.1, -0.05) is 36.4 Å². The first-order chi connectivity index (χ1) is 17.3. The van der Waals surface area contributed by atoms with Crippen molar-refractivity contribution in [2.75, 3.05) is 26.4 Å². The number of aryl methyl sites for hydroxylation is 2. The van der Waals surface area contributed by atoms with Gasteiger partial charge in [-0.2, -0.15) is 0 Å². The third-order valence-corrected chi connectivity index (χ3v) is 12.7. The molecule has 0 saturated carbocycles. The van der Waals surface area contributed by atoms with Gasteiger partial charge < -0.3 is 18.1 Å². The molecule has 12 heteroatoms. The molecule has 0 N–H and O–H groups in total. The monoisotopic (exact) mass is 551 g/mol. The summed E-state index contributed by atoms with van der Waals surface area (Å²) in [7, 11) is -7.86. The molecule has 0 unspecified atom stereocenters. The summed E-state index contributed by atoms with van der Waals surface area (Å²) in [5.41, 5.74) is 1.75. The summed E-state index contributed by atoms with van der Waals surface area (Å²) in [5, 5.41) is -0.558. The number of ketones is 1. The second kappa shape index (κ2) is 10.4. The zero-order chi connectivity index (χ0) is 25.3. The van der Waals surface area contributed by atoms with Crippen LogP contribution in [-0.2, 0) is 33.6 Å². The number of aromatic nitrogens is 1. The van der Waals surface area contributed by atoms with Gasteiger partial charge in [0.1, 0.15) is 10.8 Å². The van der Waals surface area contributed by atoms with Gasteiger partial charge >= 0.3 is 15.2 Å². The molecule has 1 aromatic heterocycles. The number of benzene rings is 2. The van der Waals surface area contributed by atoms with E-state index >= 15 is 4.39 Å². The van der Waals surface area contributed by atoms with Crippen molar-refractivity contribution in [2.45, 2.75) is 25.2 Å². The number of hydrogen-bond donors (Lipinski definition) is 0. The summed E-state index contributed by atoms with van der Waals surface area (Å²) in [6.07, 6.45) is 0.430. The standard InChI is InChI=1S/C24H24FNO7P2S/c1-16-21(26-23(36-16)17-5-3-2-4-6-17)9-10-22(27)19-8-7-18(15-20(19)25)24(34(28)30-11-12-31-34)35(29)32-13-14-33-35/h2-8,15,24H,9-14H2,1H3. The number of rotatable bonds is 8. The van der Waals surface area contributed by atoms with Gasteiger partial charge in [0.15, 0.2) is 11.2 Å². The van der Waals surface area contributed by atoms with Crippen LogP contribution in [0.15, 0.2) is 48.5 Å². The third kappa shape index (κ3) is 5.04. The van der Waals surface area contributed by atoms with Crippen LogP contribution in [0.5, 0.6) is 0 Å². The van der Waals surface area contributed by atoms with Crippen molar-refractivity contribution >= 4 is 32.3 Å². The molecule has 0 spiro atoms. The Morgan fingerprint density at radius 1 is 1.00 bits per heavy atom. The minimum atomic E-state index is -3.93. The highest BCUT2D eigenvalue weighted by atomic mass is 32.1. The second-order valence-electron chi connectivity index (χ2n) is 8.34. The highest BCUT2D eigenvalue weighted by Crippen LogP contribution is 2.80. The van der Waals surface area contributed by atoms with Crippen LogP contribution >= 0.6 is 26.5 Å². The van der Waals surface area contributed by atoms with Crippen LogP contribution in [-0.4, -0.2) is 37.2 Å². The summed E-state index contributed by atoms with van der Waals surface area (Å²) in [4.78, 5) is 18.5. The molecule has 3 aromatic rings. The molecule has 2 fully saturated rings. The van der Waals surface area contributed by atoms with Gasteiger partial charge in [-0.15, -0.1) is 11.3 Å². The highest BCUT2D eigenvalue weighted by Gasteiger charge is 2.55.